The number of benzene rings is 1. The molecule has 0 heterocycles. The molecular formula is C12H14BrClFNO. The van der Waals surface area contributed by atoms with Gasteiger partial charge in [0.1, 0.15) is 5.82 Å². The lowest BCUT2D eigenvalue weighted by Crippen LogP contribution is -2.28. The van der Waals surface area contributed by atoms with Gasteiger partial charge < -0.3 is 5.32 Å². The summed E-state index contributed by atoms with van der Waals surface area (Å²) in [6.07, 6.45) is 0.981. The summed E-state index contributed by atoms with van der Waals surface area (Å²) in [5, 5.41) is 3.69. The number of hydrogen-bond acceptors (Lipinski definition) is 1. The topological polar surface area (TPSA) is 29.1 Å². The van der Waals surface area contributed by atoms with E-state index in [-0.39, 0.29) is 16.5 Å². The van der Waals surface area contributed by atoms with Crippen LogP contribution < -0.4 is 5.32 Å². The largest absolute Gasteiger partial charge is 0.352 e. The van der Waals surface area contributed by atoms with Gasteiger partial charge in [-0.25, -0.2) is 4.39 Å². The van der Waals surface area contributed by atoms with Crippen LogP contribution in [-0.4, -0.2) is 17.8 Å². The van der Waals surface area contributed by atoms with Crippen molar-refractivity contribution in [1.29, 1.82) is 0 Å². The van der Waals surface area contributed by atoms with E-state index in [2.05, 4.69) is 21.2 Å². The molecule has 0 aliphatic heterocycles. The van der Waals surface area contributed by atoms with Crippen LogP contribution in [0.5, 0.6) is 0 Å². The first kappa shape index (κ1) is 14.5. The van der Waals surface area contributed by atoms with Crippen molar-refractivity contribution in [2.75, 3.05) is 11.9 Å². The van der Waals surface area contributed by atoms with E-state index < -0.39 is 5.82 Å². The molecule has 94 valence electrons. The van der Waals surface area contributed by atoms with E-state index in [0.717, 1.165) is 17.8 Å². The predicted octanol–water partition coefficient (Wildman–Crippen LogP) is 3.63. The molecule has 1 unspecified atom stereocenters. The van der Waals surface area contributed by atoms with Crippen molar-refractivity contribution in [3.05, 3.63) is 34.6 Å². The van der Waals surface area contributed by atoms with Gasteiger partial charge in [0.15, 0.2) is 0 Å². The number of carbonyl (C=O) groups is 1. The Morgan fingerprint density at radius 3 is 2.88 bits per heavy atom. The lowest BCUT2D eigenvalue weighted by molar-refractivity contribution is 0.0947. The van der Waals surface area contributed by atoms with Gasteiger partial charge in [-0.3, -0.25) is 4.79 Å². The molecule has 0 spiro atoms. The zero-order chi connectivity index (χ0) is 12.8. The van der Waals surface area contributed by atoms with Gasteiger partial charge in [0.05, 0.1) is 5.02 Å². The minimum absolute atomic E-state index is 0.0224. The Balaban J connectivity index is 2.55. The van der Waals surface area contributed by atoms with E-state index in [9.17, 15) is 9.18 Å². The van der Waals surface area contributed by atoms with Crippen LogP contribution in [0, 0.1) is 11.7 Å². The lowest BCUT2D eigenvalue weighted by Gasteiger charge is -2.11. The van der Waals surface area contributed by atoms with Crippen molar-refractivity contribution >= 4 is 33.4 Å². The van der Waals surface area contributed by atoms with Crippen LogP contribution in [0.1, 0.15) is 23.7 Å². The molecule has 1 aromatic rings. The zero-order valence-electron chi connectivity index (χ0n) is 9.47. The van der Waals surface area contributed by atoms with Gasteiger partial charge in [-0.2, -0.15) is 0 Å². The van der Waals surface area contributed by atoms with Crippen molar-refractivity contribution in [1.82, 2.24) is 5.32 Å². The summed E-state index contributed by atoms with van der Waals surface area (Å²) in [4.78, 5) is 11.7. The quantitative estimate of drug-likeness (QED) is 0.824. The summed E-state index contributed by atoms with van der Waals surface area (Å²) in [6, 6.07) is 4.04. The Bertz CT molecular complexity index is 400. The predicted molar refractivity (Wildman–Crippen MR) is 71.3 cm³/mol. The standard InChI is InChI=1S/C12H14BrClFNO/c1-8(4-5-13)7-16-12(17)9-2-3-10(14)11(15)6-9/h2-3,6,8H,4-5,7H2,1H3,(H,16,17). The number of nitrogens with one attached hydrogen (secondary N) is 1. The van der Waals surface area contributed by atoms with Crippen LogP contribution in [0.4, 0.5) is 4.39 Å². The van der Waals surface area contributed by atoms with Crippen molar-refractivity contribution < 1.29 is 9.18 Å². The first-order valence-corrected chi connectivity index (χ1v) is 6.83. The van der Waals surface area contributed by atoms with Crippen LogP contribution in [0.15, 0.2) is 18.2 Å². The Kier molecular flexibility index (Phi) is 5.92. The van der Waals surface area contributed by atoms with Gasteiger partial charge in [-0.1, -0.05) is 34.5 Å². The van der Waals surface area contributed by atoms with Crippen molar-refractivity contribution in [3.63, 3.8) is 0 Å². The van der Waals surface area contributed by atoms with E-state index >= 15 is 0 Å². The third kappa shape index (κ3) is 4.64. The SMILES string of the molecule is CC(CCBr)CNC(=O)c1ccc(Cl)c(F)c1. The van der Waals surface area contributed by atoms with E-state index in [4.69, 9.17) is 11.6 Å². The van der Waals surface area contributed by atoms with Crippen molar-refractivity contribution in [2.24, 2.45) is 5.92 Å². The first-order chi connectivity index (χ1) is 8.04. The molecule has 0 aromatic heterocycles. The molecule has 1 N–H and O–H groups in total. The molecule has 17 heavy (non-hydrogen) atoms. The Labute approximate surface area is 114 Å². The molecule has 0 bridgehead atoms. The minimum Gasteiger partial charge on any atom is -0.352 e. The number of alkyl halides is 1. The fraction of sp³-hybridized carbons (Fsp3) is 0.417. The Morgan fingerprint density at radius 1 is 1.59 bits per heavy atom. The number of halogens is 3. The second-order valence-corrected chi connectivity index (χ2v) is 5.12. The smallest absolute Gasteiger partial charge is 0.251 e. The maximum atomic E-state index is 13.1. The second-order valence-electron chi connectivity index (χ2n) is 3.92. The molecular weight excluding hydrogens is 308 g/mol. The fourth-order valence-corrected chi connectivity index (χ4v) is 2.19. The van der Waals surface area contributed by atoms with E-state index in [0.29, 0.717) is 12.5 Å². The maximum Gasteiger partial charge on any atom is 0.251 e. The molecule has 1 aromatic carbocycles. The summed E-state index contributed by atoms with van der Waals surface area (Å²) in [6.45, 7) is 2.62. The van der Waals surface area contributed by atoms with Crippen LogP contribution in [0.25, 0.3) is 0 Å². The highest BCUT2D eigenvalue weighted by atomic mass is 79.9. The average Bonchev–Trinajstić information content (AvgIpc) is 2.30. The number of carbonyl (C=O) groups excluding carboxylic acids is 1. The van der Waals surface area contributed by atoms with Crippen molar-refractivity contribution in [2.45, 2.75) is 13.3 Å². The zero-order valence-corrected chi connectivity index (χ0v) is 11.8. The molecule has 0 aliphatic rings. The molecule has 1 atom stereocenters. The Morgan fingerprint density at radius 2 is 2.29 bits per heavy atom. The third-order valence-corrected chi connectivity index (χ3v) is 3.16. The number of amides is 1. The molecule has 0 fully saturated rings. The van der Waals surface area contributed by atoms with Crippen LogP contribution >= 0.6 is 27.5 Å². The van der Waals surface area contributed by atoms with Gasteiger partial charge in [-0.15, -0.1) is 0 Å². The molecule has 0 saturated carbocycles. The summed E-state index contributed by atoms with van der Waals surface area (Å²) in [7, 11) is 0. The molecule has 2 nitrogen and oxygen atoms in total. The van der Waals surface area contributed by atoms with Crippen LogP contribution in [0.2, 0.25) is 5.02 Å². The maximum absolute atomic E-state index is 13.1. The van der Waals surface area contributed by atoms with E-state index in [1.165, 1.54) is 12.1 Å². The normalized spacial score (nSPS) is 12.2. The van der Waals surface area contributed by atoms with Gasteiger partial charge in [0, 0.05) is 17.4 Å². The minimum atomic E-state index is -0.576. The van der Waals surface area contributed by atoms with Gasteiger partial charge in [0.2, 0.25) is 0 Å². The van der Waals surface area contributed by atoms with Crippen molar-refractivity contribution in [3.8, 4) is 0 Å². The average molecular weight is 323 g/mol. The van der Waals surface area contributed by atoms with Gasteiger partial charge >= 0.3 is 0 Å². The van der Waals surface area contributed by atoms with Crippen LogP contribution in [0.3, 0.4) is 0 Å². The Hall–Kier alpha value is -0.610. The fourth-order valence-electron chi connectivity index (χ4n) is 1.29. The molecule has 0 aliphatic carbocycles. The first-order valence-electron chi connectivity index (χ1n) is 5.33. The highest BCUT2D eigenvalue weighted by Gasteiger charge is 2.09. The molecule has 0 saturated heterocycles. The highest BCUT2D eigenvalue weighted by molar-refractivity contribution is 9.09. The van der Waals surface area contributed by atoms with E-state index in [1.54, 1.807) is 0 Å². The summed E-state index contributed by atoms with van der Waals surface area (Å²) >= 11 is 8.88. The third-order valence-electron chi connectivity index (χ3n) is 2.39. The summed E-state index contributed by atoms with van der Waals surface area (Å²) in [5.41, 5.74) is 0.290. The van der Waals surface area contributed by atoms with Gasteiger partial charge in [0.25, 0.3) is 5.91 Å². The number of rotatable bonds is 5. The molecule has 5 heteroatoms. The van der Waals surface area contributed by atoms with Gasteiger partial charge in [-0.05, 0) is 30.5 Å². The summed E-state index contributed by atoms with van der Waals surface area (Å²) in [5.74, 6) is -0.467. The monoisotopic (exact) mass is 321 g/mol. The van der Waals surface area contributed by atoms with E-state index in [1.807, 2.05) is 6.92 Å². The highest BCUT2D eigenvalue weighted by Crippen LogP contribution is 2.15. The summed E-state index contributed by atoms with van der Waals surface area (Å²) < 4.78 is 13.1. The molecule has 0 radical (unpaired) electrons. The number of hydrogen-bond donors (Lipinski definition) is 1. The lowest BCUT2D eigenvalue weighted by atomic mass is 10.1. The molecule has 1 rings (SSSR count). The van der Waals surface area contributed by atoms with Crippen LogP contribution in [-0.2, 0) is 0 Å². The molecule has 1 amide bonds. The second kappa shape index (κ2) is 6.97.